The van der Waals surface area contributed by atoms with Gasteiger partial charge in [0.2, 0.25) is 0 Å². The zero-order valence-electron chi connectivity index (χ0n) is 17.4. The number of benzene rings is 2. The summed E-state index contributed by atoms with van der Waals surface area (Å²) in [5.74, 6) is -0.753. The second-order valence-corrected chi connectivity index (χ2v) is 11.7. The largest absolute Gasteiger partial charge is 0.390 e. The van der Waals surface area contributed by atoms with Crippen LogP contribution in [0.4, 0.5) is 0 Å². The molecule has 3 rings (SSSR count). The van der Waals surface area contributed by atoms with Crippen LogP contribution in [-0.2, 0) is 20.3 Å². The molecule has 29 heavy (non-hydrogen) atoms. The molecule has 1 N–H and O–H groups in total. The molecule has 154 valence electrons. The molecule has 4 nitrogen and oxygen atoms in total. The predicted octanol–water partition coefficient (Wildman–Crippen LogP) is 4.57. The summed E-state index contributed by atoms with van der Waals surface area (Å²) < 4.78 is 14.2. The van der Waals surface area contributed by atoms with Gasteiger partial charge in [0.1, 0.15) is 18.7 Å². The number of carbonyl (C=O) groups is 2. The molecule has 1 aliphatic rings. The maximum Gasteiger partial charge on any atom is 0.137 e. The maximum atomic E-state index is 14.2. The molecule has 0 bridgehead atoms. The van der Waals surface area contributed by atoms with Gasteiger partial charge < -0.3 is 14.5 Å². The summed E-state index contributed by atoms with van der Waals surface area (Å²) in [6, 6.07) is 15.7. The molecule has 0 aliphatic carbocycles. The van der Waals surface area contributed by atoms with E-state index in [4.69, 9.17) is 0 Å². The normalized spacial score (nSPS) is 19.2. The van der Waals surface area contributed by atoms with Crippen LogP contribution in [0.3, 0.4) is 0 Å². The Balaban J connectivity index is 1.94. The van der Waals surface area contributed by atoms with Crippen LogP contribution in [-0.4, -0.2) is 28.4 Å². The fourth-order valence-electron chi connectivity index (χ4n) is 4.12. The highest BCUT2D eigenvalue weighted by atomic mass is 31.2. The first-order valence-electron chi connectivity index (χ1n) is 10.1. The van der Waals surface area contributed by atoms with Crippen molar-refractivity contribution >= 4 is 24.0 Å². The van der Waals surface area contributed by atoms with E-state index in [-0.39, 0.29) is 30.6 Å². The fraction of sp³-hybridized carbons (Fsp3) is 0.417. The van der Waals surface area contributed by atoms with Crippen LogP contribution in [0.2, 0.25) is 0 Å². The SMILES string of the molecule is CC(=O)CC(CP1(=O)Cc2ccccc2-c2ccccc21)C(=O)CCC(C)(C)O. The lowest BCUT2D eigenvalue weighted by molar-refractivity contribution is -0.127. The first kappa shape index (κ1) is 21.7. The van der Waals surface area contributed by atoms with E-state index in [0.717, 1.165) is 22.0 Å². The molecule has 0 aromatic heterocycles. The molecule has 0 saturated carbocycles. The second kappa shape index (κ2) is 8.38. The summed E-state index contributed by atoms with van der Waals surface area (Å²) in [5, 5.41) is 10.8. The lowest BCUT2D eigenvalue weighted by atomic mass is 9.93. The number of hydrogen-bond donors (Lipinski definition) is 1. The number of ketones is 2. The molecule has 0 radical (unpaired) electrons. The van der Waals surface area contributed by atoms with E-state index in [2.05, 4.69) is 0 Å². The van der Waals surface area contributed by atoms with Crippen molar-refractivity contribution in [1.29, 1.82) is 0 Å². The Morgan fingerprint density at radius 3 is 2.34 bits per heavy atom. The van der Waals surface area contributed by atoms with E-state index < -0.39 is 18.7 Å². The Bertz CT molecular complexity index is 971. The Morgan fingerprint density at radius 2 is 1.69 bits per heavy atom. The number of aliphatic hydroxyl groups is 1. The Kier molecular flexibility index (Phi) is 6.26. The minimum absolute atomic E-state index is 0.0797. The summed E-state index contributed by atoms with van der Waals surface area (Å²) in [6.07, 6.45) is 1.21. The van der Waals surface area contributed by atoms with Crippen LogP contribution in [0.1, 0.15) is 45.6 Å². The molecule has 1 heterocycles. The number of carbonyl (C=O) groups excluding carboxylic acids is 2. The lowest BCUT2D eigenvalue weighted by Crippen LogP contribution is -2.28. The summed E-state index contributed by atoms with van der Waals surface area (Å²) in [6.45, 7) is 4.80. The first-order chi connectivity index (χ1) is 13.6. The van der Waals surface area contributed by atoms with Crippen LogP contribution >= 0.6 is 7.14 Å². The molecule has 2 aromatic rings. The minimum atomic E-state index is -2.90. The quantitative estimate of drug-likeness (QED) is 0.645. The molecule has 2 unspecified atom stereocenters. The van der Waals surface area contributed by atoms with Crippen LogP contribution < -0.4 is 5.30 Å². The Hall–Kier alpha value is -2.03. The van der Waals surface area contributed by atoms with Crippen molar-refractivity contribution in [3.05, 3.63) is 54.1 Å². The highest BCUT2D eigenvalue weighted by Gasteiger charge is 2.37. The molecule has 0 spiro atoms. The third-order valence-electron chi connectivity index (χ3n) is 5.56. The molecule has 2 aromatic carbocycles. The molecule has 1 aliphatic heterocycles. The van der Waals surface area contributed by atoms with Crippen molar-refractivity contribution in [2.24, 2.45) is 5.92 Å². The van der Waals surface area contributed by atoms with Crippen LogP contribution in [0.25, 0.3) is 11.1 Å². The van der Waals surface area contributed by atoms with Gasteiger partial charge in [-0.15, -0.1) is 0 Å². The summed E-state index contributed by atoms with van der Waals surface area (Å²) >= 11 is 0. The Morgan fingerprint density at radius 1 is 1.07 bits per heavy atom. The smallest absolute Gasteiger partial charge is 0.137 e. The number of rotatable bonds is 8. The maximum absolute atomic E-state index is 14.2. The fourth-order valence-corrected chi connectivity index (χ4v) is 7.48. The zero-order valence-corrected chi connectivity index (χ0v) is 18.2. The summed E-state index contributed by atoms with van der Waals surface area (Å²) in [4.78, 5) is 24.8. The highest BCUT2D eigenvalue weighted by molar-refractivity contribution is 7.71. The average molecular weight is 412 g/mol. The van der Waals surface area contributed by atoms with Gasteiger partial charge in [-0.3, -0.25) is 4.79 Å². The molecule has 2 atom stereocenters. The number of hydrogen-bond acceptors (Lipinski definition) is 4. The van der Waals surface area contributed by atoms with Crippen molar-refractivity contribution in [1.82, 2.24) is 0 Å². The van der Waals surface area contributed by atoms with Gasteiger partial charge in [-0.05, 0) is 43.9 Å². The van der Waals surface area contributed by atoms with Gasteiger partial charge in [-0.1, -0.05) is 48.5 Å². The molecule has 0 saturated heterocycles. The molecular formula is C24H29O4P. The molecule has 0 amide bonds. The van der Waals surface area contributed by atoms with E-state index >= 15 is 0 Å². The number of fused-ring (bicyclic) bond motifs is 3. The van der Waals surface area contributed by atoms with Gasteiger partial charge in [0, 0.05) is 36.4 Å². The van der Waals surface area contributed by atoms with E-state index in [9.17, 15) is 19.3 Å². The van der Waals surface area contributed by atoms with Crippen molar-refractivity contribution in [3.8, 4) is 11.1 Å². The molecule has 0 fully saturated rings. The highest BCUT2D eigenvalue weighted by Crippen LogP contribution is 2.56. The van der Waals surface area contributed by atoms with Crippen LogP contribution in [0.5, 0.6) is 0 Å². The van der Waals surface area contributed by atoms with Gasteiger partial charge in [0.25, 0.3) is 0 Å². The monoisotopic (exact) mass is 412 g/mol. The molecule has 5 heteroatoms. The van der Waals surface area contributed by atoms with Crippen molar-refractivity contribution < 1.29 is 19.3 Å². The number of Topliss-reactive ketones (excluding diaryl/α,β-unsaturated/α-hetero) is 2. The standard InChI is InChI=1S/C24H29O4P/c1-17(25)14-19(22(26)12-13-24(2,3)27)16-29(28)15-18-8-4-5-9-20(18)21-10-6-7-11-23(21)29/h4-11,19,27H,12-16H2,1-3H3. The summed E-state index contributed by atoms with van der Waals surface area (Å²) in [5.41, 5.74) is 2.13. The van der Waals surface area contributed by atoms with Crippen molar-refractivity contribution in [2.75, 3.05) is 6.16 Å². The first-order valence-corrected chi connectivity index (χ1v) is 12.2. The van der Waals surface area contributed by atoms with Crippen molar-refractivity contribution in [2.45, 2.75) is 51.8 Å². The second-order valence-electron chi connectivity index (χ2n) is 8.79. The lowest BCUT2D eigenvalue weighted by Gasteiger charge is -2.30. The van der Waals surface area contributed by atoms with Gasteiger partial charge in [-0.25, -0.2) is 0 Å². The van der Waals surface area contributed by atoms with E-state index in [1.54, 1.807) is 13.8 Å². The van der Waals surface area contributed by atoms with Gasteiger partial charge in [0.05, 0.1) is 5.60 Å². The summed E-state index contributed by atoms with van der Waals surface area (Å²) in [7, 11) is -2.90. The zero-order chi connectivity index (χ0) is 21.2. The minimum Gasteiger partial charge on any atom is -0.390 e. The average Bonchev–Trinajstić information content (AvgIpc) is 2.65. The predicted molar refractivity (Wildman–Crippen MR) is 117 cm³/mol. The van der Waals surface area contributed by atoms with E-state index in [1.807, 2.05) is 48.5 Å². The Labute approximate surface area is 172 Å². The van der Waals surface area contributed by atoms with Crippen LogP contribution in [0, 0.1) is 5.92 Å². The topological polar surface area (TPSA) is 71.4 Å². The molecular weight excluding hydrogens is 383 g/mol. The third kappa shape index (κ3) is 5.12. The van der Waals surface area contributed by atoms with Crippen molar-refractivity contribution in [3.63, 3.8) is 0 Å². The van der Waals surface area contributed by atoms with Gasteiger partial charge >= 0.3 is 0 Å². The third-order valence-corrected chi connectivity index (χ3v) is 8.71. The van der Waals surface area contributed by atoms with E-state index in [1.165, 1.54) is 6.92 Å². The van der Waals surface area contributed by atoms with Crippen LogP contribution in [0.15, 0.2) is 48.5 Å². The van der Waals surface area contributed by atoms with E-state index in [0.29, 0.717) is 12.6 Å². The van der Waals surface area contributed by atoms with Gasteiger partial charge in [-0.2, -0.15) is 0 Å². The van der Waals surface area contributed by atoms with Gasteiger partial charge in [0.15, 0.2) is 0 Å².